The van der Waals surface area contributed by atoms with Crippen molar-refractivity contribution in [3.05, 3.63) is 0 Å². The van der Waals surface area contributed by atoms with E-state index >= 15 is 0 Å². The number of rotatable bonds is 5. The molecular formula is C15H31N3. The van der Waals surface area contributed by atoms with Crippen molar-refractivity contribution in [3.8, 4) is 0 Å². The molecule has 2 heterocycles. The summed E-state index contributed by atoms with van der Waals surface area (Å²) in [6.07, 6.45) is 6.65. The van der Waals surface area contributed by atoms with E-state index in [0.29, 0.717) is 0 Å². The molecule has 3 heteroatoms. The van der Waals surface area contributed by atoms with Crippen LogP contribution in [0.15, 0.2) is 0 Å². The summed E-state index contributed by atoms with van der Waals surface area (Å²) in [6.45, 7) is 12.0. The number of nitrogens with two attached hydrogens (primary N) is 1. The first-order valence-electron chi connectivity index (χ1n) is 7.83. The van der Waals surface area contributed by atoms with Crippen molar-refractivity contribution in [2.45, 2.75) is 51.5 Å². The Bertz CT molecular complexity index is 238. The average Bonchev–Trinajstić information content (AvgIpc) is 2.84. The smallest absolute Gasteiger partial charge is 0.0252 e. The molecule has 2 N–H and O–H groups in total. The lowest BCUT2D eigenvalue weighted by atomic mass is 9.93. The lowest BCUT2D eigenvalue weighted by Gasteiger charge is -2.37. The summed E-state index contributed by atoms with van der Waals surface area (Å²) in [6, 6.07) is 0. The molecule has 0 aromatic rings. The Kier molecular flexibility index (Phi) is 5.05. The minimum Gasteiger partial charge on any atom is -0.324 e. The SMILES string of the molecule is CCC(C)(N)CN1CCC(CN2CCCC2)CC1. The number of nitrogens with zero attached hydrogens (tertiary/aromatic N) is 2. The second-order valence-electron chi connectivity index (χ2n) is 6.73. The van der Waals surface area contributed by atoms with Gasteiger partial charge in [-0.25, -0.2) is 0 Å². The molecule has 0 aromatic carbocycles. The van der Waals surface area contributed by atoms with Gasteiger partial charge in [-0.1, -0.05) is 6.92 Å². The van der Waals surface area contributed by atoms with Gasteiger partial charge in [-0.2, -0.15) is 0 Å². The zero-order valence-corrected chi connectivity index (χ0v) is 12.3. The third-order valence-electron chi connectivity index (χ3n) is 4.81. The van der Waals surface area contributed by atoms with E-state index in [-0.39, 0.29) is 5.54 Å². The largest absolute Gasteiger partial charge is 0.324 e. The number of hydrogen-bond acceptors (Lipinski definition) is 3. The predicted molar refractivity (Wildman–Crippen MR) is 77.7 cm³/mol. The molecule has 2 saturated heterocycles. The molecule has 2 aliphatic rings. The summed E-state index contributed by atoms with van der Waals surface area (Å²) in [4.78, 5) is 5.24. The van der Waals surface area contributed by atoms with Crippen molar-refractivity contribution < 1.29 is 0 Å². The Morgan fingerprint density at radius 2 is 1.67 bits per heavy atom. The molecule has 0 bridgehead atoms. The van der Waals surface area contributed by atoms with E-state index in [9.17, 15) is 0 Å². The third-order valence-corrected chi connectivity index (χ3v) is 4.81. The standard InChI is InChI=1S/C15H31N3/c1-3-15(2,16)13-18-10-6-14(7-11-18)12-17-8-4-5-9-17/h14H,3-13,16H2,1-2H3. The molecule has 2 fully saturated rings. The second-order valence-corrected chi connectivity index (χ2v) is 6.73. The lowest BCUT2D eigenvalue weighted by Crippen LogP contribution is -2.50. The van der Waals surface area contributed by atoms with Crippen LogP contribution in [-0.2, 0) is 0 Å². The van der Waals surface area contributed by atoms with Gasteiger partial charge in [0.1, 0.15) is 0 Å². The van der Waals surface area contributed by atoms with Gasteiger partial charge in [0.2, 0.25) is 0 Å². The first-order chi connectivity index (χ1) is 8.59. The highest BCUT2D eigenvalue weighted by Crippen LogP contribution is 2.22. The van der Waals surface area contributed by atoms with Gasteiger partial charge in [-0.15, -0.1) is 0 Å². The average molecular weight is 253 g/mol. The topological polar surface area (TPSA) is 32.5 Å². The fourth-order valence-corrected chi connectivity index (χ4v) is 3.28. The van der Waals surface area contributed by atoms with Crippen molar-refractivity contribution in [2.75, 3.05) is 39.3 Å². The maximum atomic E-state index is 6.26. The maximum absolute atomic E-state index is 6.26. The van der Waals surface area contributed by atoms with Crippen LogP contribution in [0.5, 0.6) is 0 Å². The molecule has 0 spiro atoms. The van der Waals surface area contributed by atoms with Gasteiger partial charge < -0.3 is 15.5 Å². The van der Waals surface area contributed by atoms with Crippen LogP contribution in [0.4, 0.5) is 0 Å². The summed E-state index contributed by atoms with van der Waals surface area (Å²) >= 11 is 0. The van der Waals surface area contributed by atoms with Crippen molar-refractivity contribution in [2.24, 2.45) is 11.7 Å². The van der Waals surface area contributed by atoms with Crippen molar-refractivity contribution in [1.82, 2.24) is 9.80 Å². The summed E-state index contributed by atoms with van der Waals surface area (Å²) in [5.74, 6) is 0.935. The molecule has 0 amide bonds. The zero-order chi connectivity index (χ0) is 13.0. The first kappa shape index (κ1) is 14.3. The van der Waals surface area contributed by atoms with Gasteiger partial charge in [-0.3, -0.25) is 0 Å². The fraction of sp³-hybridized carbons (Fsp3) is 1.00. The van der Waals surface area contributed by atoms with Crippen molar-refractivity contribution in [1.29, 1.82) is 0 Å². The quantitative estimate of drug-likeness (QED) is 0.812. The predicted octanol–water partition coefficient (Wildman–Crippen LogP) is 1.92. The van der Waals surface area contributed by atoms with Gasteiger partial charge in [0.15, 0.2) is 0 Å². The first-order valence-corrected chi connectivity index (χ1v) is 7.83. The molecule has 0 radical (unpaired) electrons. The summed E-state index contributed by atoms with van der Waals surface area (Å²) in [7, 11) is 0. The maximum Gasteiger partial charge on any atom is 0.0252 e. The molecule has 1 atom stereocenters. The minimum atomic E-state index is 0.00177. The van der Waals surface area contributed by atoms with E-state index in [1.807, 2.05) is 0 Å². The second kappa shape index (κ2) is 6.36. The molecule has 3 nitrogen and oxygen atoms in total. The van der Waals surface area contributed by atoms with Crippen molar-refractivity contribution >= 4 is 0 Å². The van der Waals surface area contributed by atoms with Gasteiger partial charge in [-0.05, 0) is 71.1 Å². The van der Waals surface area contributed by atoms with Crippen LogP contribution in [0.25, 0.3) is 0 Å². The molecule has 0 saturated carbocycles. The highest BCUT2D eigenvalue weighted by Gasteiger charge is 2.26. The van der Waals surface area contributed by atoms with Gasteiger partial charge in [0.05, 0.1) is 0 Å². The highest BCUT2D eigenvalue weighted by molar-refractivity contribution is 4.84. The Labute approximate surface area is 113 Å². The van der Waals surface area contributed by atoms with Crippen LogP contribution in [0, 0.1) is 5.92 Å². The van der Waals surface area contributed by atoms with Crippen molar-refractivity contribution in [3.63, 3.8) is 0 Å². The summed E-state index contributed by atoms with van der Waals surface area (Å²) < 4.78 is 0. The molecular weight excluding hydrogens is 222 g/mol. The molecule has 18 heavy (non-hydrogen) atoms. The minimum absolute atomic E-state index is 0.00177. The van der Waals surface area contributed by atoms with Crippen LogP contribution in [-0.4, -0.2) is 54.6 Å². The third kappa shape index (κ3) is 4.22. The monoisotopic (exact) mass is 253 g/mol. The van der Waals surface area contributed by atoms with E-state index in [0.717, 1.165) is 18.9 Å². The van der Waals surface area contributed by atoms with E-state index in [2.05, 4.69) is 23.6 Å². The number of likely N-dealkylation sites (tertiary alicyclic amines) is 2. The van der Waals surface area contributed by atoms with E-state index in [1.165, 1.54) is 58.4 Å². The Morgan fingerprint density at radius 1 is 1.06 bits per heavy atom. The van der Waals surface area contributed by atoms with Crippen LogP contribution < -0.4 is 5.73 Å². The molecule has 2 aliphatic heterocycles. The molecule has 0 aromatic heterocycles. The molecule has 0 aliphatic carbocycles. The number of hydrogen-bond donors (Lipinski definition) is 1. The van der Waals surface area contributed by atoms with E-state index in [4.69, 9.17) is 5.73 Å². The van der Waals surface area contributed by atoms with Gasteiger partial charge in [0.25, 0.3) is 0 Å². The van der Waals surface area contributed by atoms with E-state index < -0.39 is 0 Å². The summed E-state index contributed by atoms with van der Waals surface area (Å²) in [5.41, 5.74) is 6.27. The molecule has 1 unspecified atom stereocenters. The Hall–Kier alpha value is -0.120. The normalized spacial score (nSPS) is 27.5. The molecule has 106 valence electrons. The summed E-state index contributed by atoms with van der Waals surface area (Å²) in [5, 5.41) is 0. The number of piperidine rings is 1. The van der Waals surface area contributed by atoms with E-state index in [1.54, 1.807) is 0 Å². The fourth-order valence-electron chi connectivity index (χ4n) is 3.28. The molecule has 2 rings (SSSR count). The van der Waals surface area contributed by atoms with Crippen LogP contribution in [0.2, 0.25) is 0 Å². The Balaban J connectivity index is 1.67. The van der Waals surface area contributed by atoms with Gasteiger partial charge in [0, 0.05) is 18.6 Å². The zero-order valence-electron chi connectivity index (χ0n) is 12.3. The van der Waals surface area contributed by atoms with Crippen LogP contribution in [0.1, 0.15) is 46.0 Å². The van der Waals surface area contributed by atoms with Crippen LogP contribution >= 0.6 is 0 Å². The van der Waals surface area contributed by atoms with Gasteiger partial charge >= 0.3 is 0 Å². The lowest BCUT2D eigenvalue weighted by molar-refractivity contribution is 0.131. The van der Waals surface area contributed by atoms with Crippen LogP contribution in [0.3, 0.4) is 0 Å². The highest BCUT2D eigenvalue weighted by atomic mass is 15.2. The Morgan fingerprint density at radius 3 is 2.22 bits per heavy atom.